The average molecular weight is 275 g/mol. The van der Waals surface area contributed by atoms with E-state index in [2.05, 4.69) is 18.0 Å². The summed E-state index contributed by atoms with van der Waals surface area (Å²) in [6.45, 7) is 7.93. The first kappa shape index (κ1) is 13.7. The Morgan fingerprint density at radius 1 is 1.32 bits per heavy atom. The van der Waals surface area contributed by atoms with Gasteiger partial charge in [-0.1, -0.05) is 12.1 Å². The van der Waals surface area contributed by atoms with Crippen molar-refractivity contribution in [3.63, 3.8) is 0 Å². The Morgan fingerprint density at radius 2 is 2.05 bits per heavy atom. The molecule has 0 aliphatic heterocycles. The second-order valence-electron chi connectivity index (χ2n) is 4.57. The van der Waals surface area contributed by atoms with Crippen molar-refractivity contribution in [1.82, 2.24) is 4.98 Å². The number of Topliss-reactive ketones (excluding diaryl/α,β-unsaturated/α-hetero) is 1. The monoisotopic (exact) mass is 275 g/mol. The zero-order valence-electron chi connectivity index (χ0n) is 11.6. The standard InChI is InChI=1S/C15H17NO2S/c1-9-6-5-7-13(10(9)2)18-8-14-16-11(3)15(19-14)12(4)17/h5-7H,8H2,1-4H3. The fourth-order valence-corrected chi connectivity index (χ4v) is 2.73. The van der Waals surface area contributed by atoms with E-state index in [4.69, 9.17) is 4.74 Å². The summed E-state index contributed by atoms with van der Waals surface area (Å²) in [6, 6.07) is 5.99. The van der Waals surface area contributed by atoms with Gasteiger partial charge in [0.15, 0.2) is 5.78 Å². The summed E-state index contributed by atoms with van der Waals surface area (Å²) >= 11 is 1.41. The van der Waals surface area contributed by atoms with Gasteiger partial charge in [0.05, 0.1) is 10.6 Å². The van der Waals surface area contributed by atoms with Crippen molar-refractivity contribution in [3.05, 3.63) is 44.9 Å². The molecular weight excluding hydrogens is 258 g/mol. The first-order valence-electron chi connectivity index (χ1n) is 6.15. The third-order valence-corrected chi connectivity index (χ3v) is 4.30. The quantitative estimate of drug-likeness (QED) is 0.796. The topological polar surface area (TPSA) is 39.2 Å². The van der Waals surface area contributed by atoms with Crippen LogP contribution in [-0.2, 0) is 6.61 Å². The van der Waals surface area contributed by atoms with Crippen LogP contribution in [0.25, 0.3) is 0 Å². The molecule has 0 bridgehead atoms. The summed E-state index contributed by atoms with van der Waals surface area (Å²) in [5.74, 6) is 0.935. The summed E-state index contributed by atoms with van der Waals surface area (Å²) in [5.41, 5.74) is 3.14. The maximum Gasteiger partial charge on any atom is 0.171 e. The molecule has 3 nitrogen and oxygen atoms in total. The Kier molecular flexibility index (Phi) is 4.00. The zero-order valence-corrected chi connectivity index (χ0v) is 12.4. The van der Waals surface area contributed by atoms with Crippen LogP contribution in [0.15, 0.2) is 18.2 Å². The molecule has 1 aromatic carbocycles. The number of carbonyl (C=O) groups excluding carboxylic acids is 1. The van der Waals surface area contributed by atoms with Gasteiger partial charge in [-0.15, -0.1) is 11.3 Å². The van der Waals surface area contributed by atoms with Crippen LogP contribution >= 0.6 is 11.3 Å². The molecule has 100 valence electrons. The van der Waals surface area contributed by atoms with Crippen LogP contribution in [0.1, 0.15) is 38.4 Å². The van der Waals surface area contributed by atoms with Crippen molar-refractivity contribution in [2.45, 2.75) is 34.3 Å². The van der Waals surface area contributed by atoms with Crippen LogP contribution in [0.2, 0.25) is 0 Å². The number of aryl methyl sites for hydroxylation is 2. The average Bonchev–Trinajstić information content (AvgIpc) is 2.73. The minimum atomic E-state index is 0.0630. The largest absolute Gasteiger partial charge is 0.486 e. The molecule has 0 amide bonds. The van der Waals surface area contributed by atoms with E-state index in [-0.39, 0.29) is 5.78 Å². The molecule has 1 aromatic heterocycles. The van der Waals surface area contributed by atoms with E-state index in [1.165, 1.54) is 16.9 Å². The molecule has 0 fully saturated rings. The molecule has 0 saturated carbocycles. The van der Waals surface area contributed by atoms with E-state index in [1.54, 1.807) is 6.92 Å². The Morgan fingerprint density at radius 3 is 2.68 bits per heavy atom. The highest BCUT2D eigenvalue weighted by atomic mass is 32.1. The smallest absolute Gasteiger partial charge is 0.171 e. The molecule has 0 aliphatic carbocycles. The Bertz CT molecular complexity index is 617. The lowest BCUT2D eigenvalue weighted by Gasteiger charge is -2.09. The number of hydrogen-bond donors (Lipinski definition) is 0. The van der Waals surface area contributed by atoms with Crippen LogP contribution in [0.5, 0.6) is 5.75 Å². The van der Waals surface area contributed by atoms with E-state index in [9.17, 15) is 4.79 Å². The summed E-state index contributed by atoms with van der Waals surface area (Å²) in [4.78, 5) is 16.5. The molecule has 0 radical (unpaired) electrons. The first-order chi connectivity index (χ1) is 8.99. The second kappa shape index (κ2) is 5.53. The third-order valence-electron chi connectivity index (χ3n) is 3.07. The number of ketones is 1. The highest BCUT2D eigenvalue weighted by Crippen LogP contribution is 2.24. The van der Waals surface area contributed by atoms with Crippen LogP contribution in [0.3, 0.4) is 0 Å². The molecule has 0 N–H and O–H groups in total. The van der Waals surface area contributed by atoms with Crippen LogP contribution in [-0.4, -0.2) is 10.8 Å². The molecule has 0 unspecified atom stereocenters. The maximum absolute atomic E-state index is 11.4. The predicted octanol–water partition coefficient (Wildman–Crippen LogP) is 3.85. The third kappa shape index (κ3) is 3.01. The molecule has 4 heteroatoms. The fourth-order valence-electron chi connectivity index (χ4n) is 1.86. The van der Waals surface area contributed by atoms with Gasteiger partial charge < -0.3 is 4.74 Å². The minimum absolute atomic E-state index is 0.0630. The van der Waals surface area contributed by atoms with Crippen LogP contribution < -0.4 is 4.74 Å². The molecule has 2 rings (SSSR count). The maximum atomic E-state index is 11.4. The van der Waals surface area contributed by atoms with Crippen molar-refractivity contribution < 1.29 is 9.53 Å². The number of thiazole rings is 1. The zero-order chi connectivity index (χ0) is 14.0. The van der Waals surface area contributed by atoms with Crippen molar-refractivity contribution >= 4 is 17.1 Å². The molecular formula is C15H17NO2S. The Labute approximate surface area is 117 Å². The van der Waals surface area contributed by atoms with Gasteiger partial charge in [-0.05, 0) is 38.0 Å². The fraction of sp³-hybridized carbons (Fsp3) is 0.333. The minimum Gasteiger partial charge on any atom is -0.486 e. The van der Waals surface area contributed by atoms with Gasteiger partial charge in [0, 0.05) is 6.92 Å². The lowest BCUT2D eigenvalue weighted by atomic mass is 10.1. The van der Waals surface area contributed by atoms with Crippen molar-refractivity contribution in [2.75, 3.05) is 0 Å². The Hall–Kier alpha value is -1.68. The van der Waals surface area contributed by atoms with Gasteiger partial charge in [0.25, 0.3) is 0 Å². The predicted molar refractivity (Wildman–Crippen MR) is 77.1 cm³/mol. The van der Waals surface area contributed by atoms with Crippen LogP contribution in [0.4, 0.5) is 0 Å². The van der Waals surface area contributed by atoms with Gasteiger partial charge in [0.1, 0.15) is 17.4 Å². The summed E-state index contributed by atoms with van der Waals surface area (Å²) in [6.07, 6.45) is 0. The molecule has 0 aliphatic rings. The normalized spacial score (nSPS) is 10.5. The molecule has 19 heavy (non-hydrogen) atoms. The SMILES string of the molecule is CC(=O)c1sc(COc2cccc(C)c2C)nc1C. The number of rotatable bonds is 4. The Balaban J connectivity index is 2.13. The van der Waals surface area contributed by atoms with Gasteiger partial charge >= 0.3 is 0 Å². The molecule has 0 saturated heterocycles. The first-order valence-corrected chi connectivity index (χ1v) is 6.97. The van der Waals surface area contributed by atoms with Crippen molar-refractivity contribution in [1.29, 1.82) is 0 Å². The van der Waals surface area contributed by atoms with E-state index < -0.39 is 0 Å². The molecule has 0 atom stereocenters. The molecule has 2 aromatic rings. The summed E-state index contributed by atoms with van der Waals surface area (Å²) in [7, 11) is 0. The lowest BCUT2D eigenvalue weighted by molar-refractivity contribution is 0.102. The van der Waals surface area contributed by atoms with Gasteiger partial charge in [-0.25, -0.2) is 4.98 Å². The number of ether oxygens (including phenoxy) is 1. The highest BCUT2D eigenvalue weighted by Gasteiger charge is 2.12. The second-order valence-corrected chi connectivity index (χ2v) is 5.65. The number of benzene rings is 1. The van der Waals surface area contributed by atoms with Crippen molar-refractivity contribution in [2.24, 2.45) is 0 Å². The van der Waals surface area contributed by atoms with Gasteiger partial charge in [-0.3, -0.25) is 4.79 Å². The van der Waals surface area contributed by atoms with E-state index >= 15 is 0 Å². The molecule has 0 spiro atoms. The van der Waals surface area contributed by atoms with E-state index in [0.717, 1.165) is 26.9 Å². The number of hydrogen-bond acceptors (Lipinski definition) is 4. The van der Waals surface area contributed by atoms with Crippen LogP contribution in [0, 0.1) is 20.8 Å². The van der Waals surface area contributed by atoms with E-state index in [0.29, 0.717) is 6.61 Å². The van der Waals surface area contributed by atoms with Gasteiger partial charge in [-0.2, -0.15) is 0 Å². The number of nitrogens with zero attached hydrogens (tertiary/aromatic N) is 1. The van der Waals surface area contributed by atoms with Gasteiger partial charge in [0.2, 0.25) is 0 Å². The van der Waals surface area contributed by atoms with E-state index in [1.807, 2.05) is 26.0 Å². The summed E-state index contributed by atoms with van der Waals surface area (Å²) < 4.78 is 5.79. The summed E-state index contributed by atoms with van der Waals surface area (Å²) in [5, 5.41) is 0.837. The highest BCUT2D eigenvalue weighted by molar-refractivity contribution is 7.13. The lowest BCUT2D eigenvalue weighted by Crippen LogP contribution is -1.97. The number of aromatic nitrogens is 1. The number of carbonyl (C=O) groups is 1. The molecule has 1 heterocycles. The van der Waals surface area contributed by atoms with Crippen molar-refractivity contribution in [3.8, 4) is 5.75 Å².